The van der Waals surface area contributed by atoms with Crippen molar-refractivity contribution in [1.82, 2.24) is 0 Å². The number of aromatic hydroxyl groups is 1. The molecule has 0 amide bonds. The molecule has 0 aliphatic carbocycles. The average molecular weight is 238 g/mol. The summed E-state index contributed by atoms with van der Waals surface area (Å²) in [5.41, 5.74) is 6.01. The van der Waals surface area contributed by atoms with E-state index in [1.165, 1.54) is 6.07 Å². The van der Waals surface area contributed by atoms with Gasteiger partial charge in [-0.05, 0) is 18.1 Å². The Morgan fingerprint density at radius 3 is 2.64 bits per heavy atom. The lowest BCUT2D eigenvalue weighted by atomic mass is 10.1. The molecule has 1 atom stereocenters. The summed E-state index contributed by atoms with van der Waals surface area (Å²) in [6.07, 6.45) is 0.278. The second-order valence-electron chi connectivity index (χ2n) is 2.99. The first kappa shape index (κ1) is 11.6. The highest BCUT2D eigenvalue weighted by atomic mass is 35.5. The minimum absolute atomic E-state index is 0.140. The zero-order valence-corrected chi connectivity index (χ0v) is 8.82. The van der Waals surface area contributed by atoms with Gasteiger partial charge in [0.15, 0.2) is 5.75 Å². The summed E-state index contributed by atoms with van der Waals surface area (Å²) in [5, 5.41) is 9.69. The van der Waals surface area contributed by atoms with Gasteiger partial charge in [0.25, 0.3) is 0 Å². The maximum absolute atomic E-state index is 12.1. The van der Waals surface area contributed by atoms with E-state index in [0.29, 0.717) is 5.56 Å². The number of hydrogen-bond donors (Lipinski definition) is 2. The molecule has 2 nitrogen and oxygen atoms in total. The predicted molar refractivity (Wildman–Crippen MR) is 55.8 cm³/mol. The molecule has 0 aliphatic heterocycles. The van der Waals surface area contributed by atoms with Crippen LogP contribution in [0.1, 0.15) is 5.56 Å². The van der Waals surface area contributed by atoms with Crippen LogP contribution in [0.3, 0.4) is 0 Å². The van der Waals surface area contributed by atoms with Crippen molar-refractivity contribution in [3.63, 3.8) is 0 Å². The van der Waals surface area contributed by atoms with Crippen LogP contribution in [0.5, 0.6) is 5.75 Å². The normalized spacial score (nSPS) is 12.9. The molecule has 0 spiro atoms. The quantitative estimate of drug-likeness (QED) is 0.849. The Labute approximate surface area is 91.4 Å². The van der Waals surface area contributed by atoms with Gasteiger partial charge in [0.1, 0.15) is 6.67 Å². The second kappa shape index (κ2) is 4.82. The van der Waals surface area contributed by atoms with Gasteiger partial charge < -0.3 is 10.8 Å². The van der Waals surface area contributed by atoms with Crippen LogP contribution in [-0.4, -0.2) is 17.8 Å². The van der Waals surface area contributed by atoms with E-state index in [-0.39, 0.29) is 22.2 Å². The number of phenolic OH excluding ortho intramolecular Hbond substituents is 1. The molecule has 78 valence electrons. The van der Waals surface area contributed by atoms with Crippen molar-refractivity contribution in [2.24, 2.45) is 5.73 Å². The molecule has 0 aliphatic rings. The van der Waals surface area contributed by atoms with Crippen molar-refractivity contribution in [3.8, 4) is 5.75 Å². The van der Waals surface area contributed by atoms with Crippen LogP contribution in [-0.2, 0) is 6.42 Å². The molecule has 0 heterocycles. The van der Waals surface area contributed by atoms with Gasteiger partial charge in [0, 0.05) is 6.04 Å². The molecule has 1 rings (SSSR count). The Balaban J connectivity index is 2.94. The lowest BCUT2D eigenvalue weighted by molar-refractivity contribution is 0.426. The van der Waals surface area contributed by atoms with Crippen LogP contribution < -0.4 is 5.73 Å². The summed E-state index contributed by atoms with van der Waals surface area (Å²) >= 11 is 11.4. The molecule has 1 unspecified atom stereocenters. The lowest BCUT2D eigenvalue weighted by Gasteiger charge is -2.10. The van der Waals surface area contributed by atoms with Gasteiger partial charge in [0.05, 0.1) is 10.0 Å². The van der Waals surface area contributed by atoms with Gasteiger partial charge >= 0.3 is 0 Å². The average Bonchev–Trinajstić information content (AvgIpc) is 2.19. The molecule has 1 aromatic carbocycles. The zero-order chi connectivity index (χ0) is 10.7. The summed E-state index contributed by atoms with van der Waals surface area (Å²) < 4.78 is 12.1. The van der Waals surface area contributed by atoms with Crippen LogP contribution in [0.4, 0.5) is 4.39 Å². The third kappa shape index (κ3) is 2.50. The Bertz CT molecular complexity index is 333. The van der Waals surface area contributed by atoms with E-state index in [0.717, 1.165) is 0 Å². The number of nitrogens with two attached hydrogens (primary N) is 1. The smallest absolute Gasteiger partial charge is 0.153 e. The molecule has 0 saturated carbocycles. The molecule has 5 heteroatoms. The van der Waals surface area contributed by atoms with Crippen molar-refractivity contribution >= 4 is 23.2 Å². The molecule has 0 saturated heterocycles. The van der Waals surface area contributed by atoms with Crippen molar-refractivity contribution in [2.75, 3.05) is 6.67 Å². The summed E-state index contributed by atoms with van der Waals surface area (Å²) in [7, 11) is 0. The molecule has 0 bridgehead atoms. The predicted octanol–water partition coefficient (Wildman–Crippen LogP) is 2.54. The molecule has 0 fully saturated rings. The number of halogens is 3. The highest BCUT2D eigenvalue weighted by Gasteiger charge is 2.12. The highest BCUT2D eigenvalue weighted by Crippen LogP contribution is 2.34. The summed E-state index contributed by atoms with van der Waals surface area (Å²) in [5.74, 6) is -0.183. The van der Waals surface area contributed by atoms with Crippen LogP contribution in [0.15, 0.2) is 12.1 Å². The molecule has 1 aromatic rings. The molecular weight excluding hydrogens is 228 g/mol. The van der Waals surface area contributed by atoms with E-state index < -0.39 is 12.7 Å². The summed E-state index contributed by atoms with van der Waals surface area (Å²) in [4.78, 5) is 0. The van der Waals surface area contributed by atoms with Gasteiger partial charge in [0.2, 0.25) is 0 Å². The largest absolute Gasteiger partial charge is 0.505 e. The minimum atomic E-state index is -0.625. The number of phenols is 1. The van der Waals surface area contributed by atoms with E-state index in [1.54, 1.807) is 6.07 Å². The molecule has 0 radical (unpaired) electrons. The third-order valence-electron chi connectivity index (χ3n) is 1.83. The number of alkyl halides is 1. The van der Waals surface area contributed by atoms with E-state index >= 15 is 0 Å². The first-order valence-corrected chi connectivity index (χ1v) is 4.79. The Kier molecular flexibility index (Phi) is 3.98. The topological polar surface area (TPSA) is 46.2 Å². The van der Waals surface area contributed by atoms with Crippen LogP contribution in [0, 0.1) is 0 Å². The summed E-state index contributed by atoms with van der Waals surface area (Å²) in [6.45, 7) is -0.625. The maximum atomic E-state index is 12.1. The van der Waals surface area contributed by atoms with Gasteiger partial charge in [-0.1, -0.05) is 29.3 Å². The highest BCUT2D eigenvalue weighted by molar-refractivity contribution is 6.37. The van der Waals surface area contributed by atoms with Crippen LogP contribution in [0.2, 0.25) is 10.0 Å². The zero-order valence-electron chi connectivity index (χ0n) is 7.30. The lowest BCUT2D eigenvalue weighted by Crippen LogP contribution is -2.24. The Morgan fingerprint density at radius 1 is 1.43 bits per heavy atom. The maximum Gasteiger partial charge on any atom is 0.153 e. The SMILES string of the molecule is NC(CF)Cc1ccc(Cl)c(O)c1Cl. The van der Waals surface area contributed by atoms with Crippen molar-refractivity contribution < 1.29 is 9.50 Å². The minimum Gasteiger partial charge on any atom is -0.505 e. The molecular formula is C9H10Cl2FNO. The van der Waals surface area contributed by atoms with Gasteiger partial charge in [-0.3, -0.25) is 0 Å². The summed E-state index contributed by atoms with van der Waals surface area (Å²) in [6, 6.07) is 2.52. The first-order valence-electron chi connectivity index (χ1n) is 4.03. The van der Waals surface area contributed by atoms with Gasteiger partial charge in [-0.25, -0.2) is 4.39 Å². The van der Waals surface area contributed by atoms with E-state index in [1.807, 2.05) is 0 Å². The van der Waals surface area contributed by atoms with Crippen molar-refractivity contribution in [2.45, 2.75) is 12.5 Å². The third-order valence-corrected chi connectivity index (χ3v) is 2.55. The van der Waals surface area contributed by atoms with Gasteiger partial charge in [-0.15, -0.1) is 0 Å². The number of hydrogen-bond acceptors (Lipinski definition) is 2. The second-order valence-corrected chi connectivity index (χ2v) is 3.77. The Morgan fingerprint density at radius 2 is 2.07 bits per heavy atom. The van der Waals surface area contributed by atoms with Crippen molar-refractivity contribution in [1.29, 1.82) is 0 Å². The number of rotatable bonds is 3. The van der Waals surface area contributed by atoms with Crippen LogP contribution >= 0.6 is 23.2 Å². The van der Waals surface area contributed by atoms with E-state index in [2.05, 4.69) is 0 Å². The van der Waals surface area contributed by atoms with E-state index in [9.17, 15) is 9.50 Å². The monoisotopic (exact) mass is 237 g/mol. The Hall–Kier alpha value is -0.510. The fourth-order valence-electron chi connectivity index (χ4n) is 1.08. The van der Waals surface area contributed by atoms with Gasteiger partial charge in [-0.2, -0.15) is 0 Å². The fourth-order valence-corrected chi connectivity index (χ4v) is 1.53. The fraction of sp³-hybridized carbons (Fsp3) is 0.333. The molecule has 14 heavy (non-hydrogen) atoms. The first-order chi connectivity index (χ1) is 6.56. The van der Waals surface area contributed by atoms with E-state index in [4.69, 9.17) is 28.9 Å². The number of benzene rings is 1. The van der Waals surface area contributed by atoms with Crippen LogP contribution in [0.25, 0.3) is 0 Å². The molecule has 0 aromatic heterocycles. The molecule has 3 N–H and O–H groups in total. The van der Waals surface area contributed by atoms with Crippen molar-refractivity contribution in [3.05, 3.63) is 27.7 Å². The standard InChI is InChI=1S/C9H10Cl2FNO/c10-7-2-1-5(3-6(13)4-12)8(11)9(7)14/h1-2,6,14H,3-4,13H2.